The molecular formula is C78H120F8N12O14. The number of hydrogen-bond donors (Lipinski definition) is 3. The van der Waals surface area contributed by atoms with Crippen molar-refractivity contribution in [2.45, 2.75) is 267 Å². The van der Waals surface area contributed by atoms with Crippen LogP contribution in [0.2, 0.25) is 0 Å². The van der Waals surface area contributed by atoms with Gasteiger partial charge in [0.2, 0.25) is 70.9 Å². The highest BCUT2D eigenvalue weighted by Crippen LogP contribution is 2.46. The molecule has 7 fully saturated rings. The van der Waals surface area contributed by atoms with Crippen LogP contribution in [0, 0.1) is 41.4 Å². The molecule has 26 nitrogen and oxygen atoms in total. The Morgan fingerprint density at radius 2 is 1.26 bits per heavy atom. The summed E-state index contributed by atoms with van der Waals surface area (Å²) in [5.41, 5.74) is -1.11. The van der Waals surface area contributed by atoms with Crippen LogP contribution in [0.5, 0.6) is 0 Å². The largest absolute Gasteiger partial charge is 0.397 e. The third-order valence-electron chi connectivity index (χ3n) is 25.1. The second-order valence-electron chi connectivity index (χ2n) is 33.4. The highest BCUT2D eigenvalue weighted by Gasteiger charge is 2.56. The van der Waals surface area contributed by atoms with Crippen molar-refractivity contribution in [2.24, 2.45) is 41.4 Å². The van der Waals surface area contributed by atoms with Crippen molar-refractivity contribution >= 4 is 70.9 Å². The summed E-state index contributed by atoms with van der Waals surface area (Å²) in [6.07, 6.45) is -14.7. The number of fused-ring (bicyclic) bond motifs is 3. The lowest BCUT2D eigenvalue weighted by Gasteiger charge is -2.47. The quantitative estimate of drug-likeness (QED) is 0.131. The number of rotatable bonds is 13. The lowest BCUT2D eigenvalue weighted by Crippen LogP contribution is -2.68. The number of nitrogens with zero attached hydrogens (tertiary/aromatic N) is 9. The maximum Gasteiger partial charge on any atom is 0.397 e. The normalized spacial score (nSPS) is 32.4. The number of hydrogen-bond acceptors (Lipinski definition) is 14. The molecule has 34 heteroatoms. The molecule has 4 aliphatic heterocycles. The Labute approximate surface area is 652 Å². The zero-order valence-electron chi connectivity index (χ0n) is 67.2. The van der Waals surface area contributed by atoms with E-state index in [1.165, 1.54) is 61.9 Å². The van der Waals surface area contributed by atoms with E-state index in [-0.39, 0.29) is 129 Å². The van der Waals surface area contributed by atoms with Gasteiger partial charge in [-0.1, -0.05) is 58.6 Å². The number of halogens is 8. The molecule has 8 rings (SSSR count). The van der Waals surface area contributed by atoms with Crippen LogP contribution in [0.15, 0.2) is 11.6 Å². The SMILES string of the molecule is CCO[C@@H]1C[C@H]2C(=O)NC3(CCC3)C(=O)N(C)[C@@H](C3CCCC3)C(=O)N(C)[C@H](C(=O)N3CCOCC3)CC(=O)N(C)[C@@H](CC(C)C)C(=O)N[C@@H]([C@@H](C)CC)C(=O)N(C)CC(=O)N(C)[C@H]3CC/C=C(/C)CN(C3=O)[C@@H](CC3CCC(C(F)(F)F)CC3)C(=O)N(C)CC(=O)N[C@@H](CCC3CC(F)C(C(F)(F)F)C(F)C3)C(=O)N2C1. The van der Waals surface area contributed by atoms with Gasteiger partial charge in [-0.2, -0.15) is 26.3 Å². The minimum absolute atomic E-state index is 0.0114. The van der Waals surface area contributed by atoms with Crippen molar-refractivity contribution in [2.75, 3.05) is 101 Å². The number of likely N-dealkylation sites (N-methyl/N-ethyl adjacent to an activating group) is 6. The van der Waals surface area contributed by atoms with Crippen molar-refractivity contribution in [1.82, 2.24) is 60.0 Å². The van der Waals surface area contributed by atoms with Crippen molar-refractivity contribution < 1.29 is 102 Å². The first-order chi connectivity index (χ1) is 52.6. The Kier molecular flexibility index (Phi) is 31.4. The second-order valence-corrected chi connectivity index (χ2v) is 33.4. The molecule has 2 bridgehead atoms. The molecule has 1 spiro atoms. The van der Waals surface area contributed by atoms with E-state index in [4.69, 9.17) is 9.47 Å². The number of nitrogens with one attached hydrogen (secondary N) is 3. The summed E-state index contributed by atoms with van der Waals surface area (Å²) in [4.78, 5) is 194. The molecule has 4 aliphatic carbocycles. The van der Waals surface area contributed by atoms with E-state index in [9.17, 15) is 40.7 Å². The number of carbonyl (C=O) groups excluding carboxylic acids is 12. The summed E-state index contributed by atoms with van der Waals surface area (Å²) in [5, 5.41) is 8.46. The molecule has 0 aromatic rings. The maximum atomic E-state index is 15.8. The second kappa shape index (κ2) is 38.9. The molecule has 12 amide bonds. The first-order valence-electron chi connectivity index (χ1n) is 40.3. The third kappa shape index (κ3) is 21.8. The predicted molar refractivity (Wildman–Crippen MR) is 394 cm³/mol. The van der Waals surface area contributed by atoms with Crippen LogP contribution in [-0.4, -0.2) is 301 Å². The van der Waals surface area contributed by atoms with Gasteiger partial charge in [0.05, 0.1) is 44.7 Å². The number of alkyl halides is 8. The number of allylic oxidation sites excluding steroid dienone is 1. The third-order valence-corrected chi connectivity index (χ3v) is 25.1. The topological polar surface area (TPSA) is 289 Å². The fourth-order valence-electron chi connectivity index (χ4n) is 17.9. The van der Waals surface area contributed by atoms with E-state index >= 15 is 51.9 Å². The van der Waals surface area contributed by atoms with Gasteiger partial charge >= 0.3 is 12.4 Å². The molecule has 3 N–H and O–H groups in total. The van der Waals surface area contributed by atoms with Gasteiger partial charge in [0.25, 0.3) is 0 Å². The fourth-order valence-corrected chi connectivity index (χ4v) is 17.9. The molecular weight excluding hydrogens is 1480 g/mol. The minimum Gasteiger partial charge on any atom is -0.378 e. The van der Waals surface area contributed by atoms with Crippen molar-refractivity contribution in [3.05, 3.63) is 11.6 Å². The molecule has 2 unspecified atom stereocenters. The summed E-state index contributed by atoms with van der Waals surface area (Å²) in [7, 11) is 8.07. The van der Waals surface area contributed by atoms with Gasteiger partial charge in [-0.25, -0.2) is 8.78 Å². The Morgan fingerprint density at radius 1 is 0.634 bits per heavy atom. The van der Waals surface area contributed by atoms with E-state index in [0.29, 0.717) is 44.1 Å². The van der Waals surface area contributed by atoms with Gasteiger partial charge in [-0.15, -0.1) is 0 Å². The molecule has 112 heavy (non-hydrogen) atoms. The zero-order valence-corrected chi connectivity index (χ0v) is 67.2. The van der Waals surface area contributed by atoms with E-state index in [0.717, 1.165) is 24.5 Å². The average molecular weight is 1600 g/mol. The summed E-state index contributed by atoms with van der Waals surface area (Å²) >= 11 is 0. The molecule has 0 aromatic heterocycles. The molecule has 12 atom stereocenters. The standard InChI is InChI=1S/C78H120F8N12O14/c1-13-47(6)65-73(108)91(8)44-63(101)92(9)56-22-17-19-46(5)41-97(72(56)107)60(38-48-23-26-51(27-24-48)77(81,82)83)70(105)90(7)43-61(99)87-55(28-25-49-36-53(79)64(54(80)37-49)78(84,85)86)69(104)98-42-52(112-14-2)39-58(98)68(103)89-76(29-18-30-76)75(110)95(12)66(50-20-15-16-21-50)74(109)94(11)59(71(106)96-31-33-111-34-32-96)40-62(100)93(10)57(35-45(3)4)67(102)88-65/h19,45,47-60,64-66H,13-18,20-44H2,1-12H3,(H,87,99)(H,88,102)(H,89,103)/b46-19-/t47-,48?,49?,51?,52+,53?,54?,55-,56-,57-,58-,59-,60-,64?,65-,66-/m0/s1. The molecule has 3 saturated heterocycles. The average Bonchev–Trinajstić information content (AvgIpc) is 1.08. The van der Waals surface area contributed by atoms with E-state index in [1.54, 1.807) is 33.8 Å². The first-order valence-corrected chi connectivity index (χ1v) is 40.3. The Morgan fingerprint density at radius 3 is 1.83 bits per heavy atom. The number of amides is 12. The van der Waals surface area contributed by atoms with Gasteiger partial charge in [0.15, 0.2) is 0 Å². The van der Waals surface area contributed by atoms with Crippen LogP contribution in [-0.2, 0) is 67.0 Å². The minimum atomic E-state index is -5.22. The van der Waals surface area contributed by atoms with Crippen LogP contribution < -0.4 is 16.0 Å². The van der Waals surface area contributed by atoms with E-state index < -0.39 is 230 Å². The molecule has 4 saturated carbocycles. The lowest BCUT2D eigenvalue weighted by molar-refractivity contribution is -0.219. The van der Waals surface area contributed by atoms with Gasteiger partial charge in [0, 0.05) is 81.5 Å². The van der Waals surface area contributed by atoms with Gasteiger partial charge < -0.3 is 69.5 Å². The summed E-state index contributed by atoms with van der Waals surface area (Å²) in [5.74, 6) is -17.0. The molecule has 0 aromatic carbocycles. The number of carbonyl (C=O) groups is 12. The number of ether oxygens (including phenoxy) is 2. The van der Waals surface area contributed by atoms with Gasteiger partial charge in [-0.3, -0.25) is 57.5 Å². The van der Waals surface area contributed by atoms with Crippen LogP contribution in [0.4, 0.5) is 35.1 Å². The molecule has 8 aliphatic rings. The summed E-state index contributed by atoms with van der Waals surface area (Å²) in [6.45, 7) is 9.01. The van der Waals surface area contributed by atoms with Crippen LogP contribution >= 0.6 is 0 Å². The Hall–Kier alpha value is -7.26. The molecule has 4 heterocycles. The first kappa shape index (κ1) is 90.3. The van der Waals surface area contributed by atoms with Crippen molar-refractivity contribution in [3.63, 3.8) is 0 Å². The highest BCUT2D eigenvalue weighted by molar-refractivity contribution is 6.01. The van der Waals surface area contributed by atoms with E-state index in [2.05, 4.69) is 16.0 Å². The summed E-state index contributed by atoms with van der Waals surface area (Å²) < 4.78 is 127. The van der Waals surface area contributed by atoms with Crippen LogP contribution in [0.25, 0.3) is 0 Å². The number of morpholine rings is 1. The molecule has 632 valence electrons. The van der Waals surface area contributed by atoms with Crippen LogP contribution in [0.3, 0.4) is 0 Å². The van der Waals surface area contributed by atoms with Gasteiger partial charge in [0.1, 0.15) is 72.1 Å². The monoisotopic (exact) mass is 1600 g/mol. The smallest absolute Gasteiger partial charge is 0.378 e. The van der Waals surface area contributed by atoms with Crippen LogP contribution in [0.1, 0.15) is 183 Å². The predicted octanol–water partition coefficient (Wildman–Crippen LogP) is 6.51. The Bertz CT molecular complexity index is 3370. The zero-order chi connectivity index (χ0) is 82.8. The molecule has 0 radical (unpaired) electrons. The maximum absolute atomic E-state index is 15.8. The van der Waals surface area contributed by atoms with Crippen molar-refractivity contribution in [1.29, 1.82) is 0 Å². The fraction of sp³-hybridized carbons (Fsp3) is 0.821. The Balaban J connectivity index is 1.22. The summed E-state index contributed by atoms with van der Waals surface area (Å²) in [6, 6.07) is -11.4. The highest BCUT2D eigenvalue weighted by atomic mass is 19.4. The van der Waals surface area contributed by atoms with Crippen molar-refractivity contribution in [3.8, 4) is 0 Å². The van der Waals surface area contributed by atoms with E-state index in [1.807, 2.05) is 13.8 Å². The van der Waals surface area contributed by atoms with Gasteiger partial charge in [-0.05, 0) is 153 Å². The lowest BCUT2D eigenvalue weighted by atomic mass is 9.74.